The van der Waals surface area contributed by atoms with E-state index in [0.717, 1.165) is 15.5 Å². The first-order valence-corrected chi connectivity index (χ1v) is 25.3. The smallest absolute Gasteiger partial charge is 0.282 e. The zero-order chi connectivity index (χ0) is 54.7. The maximum Gasteiger partial charge on any atom is 0.282 e. The first-order chi connectivity index (χ1) is 34.5. The van der Waals surface area contributed by atoms with Gasteiger partial charge >= 0.3 is 0 Å². The van der Waals surface area contributed by atoms with E-state index in [9.17, 15) is 83.4 Å². The van der Waals surface area contributed by atoms with E-state index in [-0.39, 0.29) is 63.5 Å². The molecule has 408 valence electrons. The van der Waals surface area contributed by atoms with Gasteiger partial charge in [-0.25, -0.2) is 19.3 Å². The Labute approximate surface area is 409 Å². The molecule has 14 atom stereocenters. The number of aromatic nitrogens is 12. The van der Waals surface area contributed by atoms with Crippen LogP contribution in [-0.4, -0.2) is 167 Å². The molecule has 0 bridgehead atoms. The van der Waals surface area contributed by atoms with Crippen LogP contribution >= 0.6 is 23.5 Å². The number of imidazole rings is 3. The fraction of sp³-hybridized carbons (Fsp3) is 0.545. The quantitative estimate of drug-likeness (QED) is 0.0506. The molecule has 2 saturated heterocycles. The summed E-state index contributed by atoms with van der Waals surface area (Å²) in [6, 6.07) is -0.513. The summed E-state index contributed by atoms with van der Waals surface area (Å²) in [5, 5.41) is 78.4. The number of nitrogens with zero attached hydrogens (tertiary/aromatic N) is 11. The van der Waals surface area contributed by atoms with Crippen molar-refractivity contribution >= 4 is 74.8 Å². The summed E-state index contributed by atoms with van der Waals surface area (Å²) in [7, 11) is -15.3. The zero-order valence-electron chi connectivity index (χ0n) is 37.7. The lowest BCUT2D eigenvalue weighted by Gasteiger charge is -2.37. The third-order valence-electron chi connectivity index (χ3n) is 11.7. The summed E-state index contributed by atoms with van der Waals surface area (Å²) in [6.07, 6.45) is -9.13. The molecule has 3 fully saturated rings. The van der Waals surface area contributed by atoms with Gasteiger partial charge in [0.2, 0.25) is 17.8 Å². The number of nitrogens with two attached hydrogens (primary N) is 3. The number of nitrogens with one attached hydrogen (secondary N) is 1. The fourth-order valence-electron chi connectivity index (χ4n) is 7.89. The van der Waals surface area contributed by atoms with Crippen molar-refractivity contribution in [1.29, 1.82) is 0 Å². The van der Waals surface area contributed by atoms with Gasteiger partial charge in [0.1, 0.15) is 42.7 Å². The molecule has 15 N–H and O–H groups in total. The topological polar surface area (TPSA) is 598 Å². The van der Waals surface area contributed by atoms with Gasteiger partial charge in [0.05, 0.1) is 52.2 Å². The van der Waals surface area contributed by atoms with E-state index in [0.29, 0.717) is 6.42 Å². The minimum Gasteiger partial charge on any atom is -0.790 e. The minimum atomic E-state index is -6.17. The highest BCUT2D eigenvalue weighted by molar-refractivity contribution is 7.64. The number of phosphoric ester groups is 1. The van der Waals surface area contributed by atoms with Crippen LogP contribution in [0.5, 0.6) is 0 Å². The number of aliphatic hydroxyl groups excluding tert-OH is 8. The predicted molar refractivity (Wildman–Crippen MR) is 233 cm³/mol. The number of aromatic amines is 1. The van der Waals surface area contributed by atoms with E-state index in [1.165, 1.54) is 40.5 Å². The van der Waals surface area contributed by atoms with Gasteiger partial charge in [-0.1, -0.05) is 0 Å². The number of H-pyrrole nitrogens is 1. The summed E-state index contributed by atoms with van der Waals surface area (Å²) >= 11 is 0. The Kier molecular flexibility index (Phi) is 16.1. The van der Waals surface area contributed by atoms with E-state index in [1.807, 2.05) is 0 Å². The van der Waals surface area contributed by atoms with Gasteiger partial charge in [0.25, 0.3) is 32.3 Å². The van der Waals surface area contributed by atoms with Gasteiger partial charge in [-0.2, -0.15) is 15.0 Å². The fourth-order valence-corrected chi connectivity index (χ4v) is 10.8. The normalized spacial score (nSPS) is 28.7. The molecule has 8 heterocycles. The average Bonchev–Trinajstić information content (AvgIpc) is 4.17. The van der Waals surface area contributed by atoms with E-state index < -0.39 is 121 Å². The van der Waals surface area contributed by atoms with Crippen LogP contribution in [0.25, 0.3) is 33.5 Å². The van der Waals surface area contributed by atoms with Crippen molar-refractivity contribution in [1.82, 2.24) is 57.7 Å². The Morgan fingerprint density at radius 1 is 0.649 bits per heavy atom. The summed E-state index contributed by atoms with van der Waals surface area (Å²) in [5.41, 5.74) is 15.6. The second-order valence-electron chi connectivity index (χ2n) is 16.4. The molecule has 0 radical (unpaired) electrons. The molecule has 6 aromatic heterocycles. The number of phosphoric acid groups is 3. The van der Waals surface area contributed by atoms with Gasteiger partial charge in [-0.15, -0.1) is 0 Å². The maximum absolute atomic E-state index is 12.2. The van der Waals surface area contributed by atoms with Gasteiger partial charge in [0.15, 0.2) is 45.9 Å². The lowest BCUT2D eigenvalue weighted by atomic mass is 10.1. The highest BCUT2D eigenvalue weighted by Gasteiger charge is 2.46. The number of hydrogen-bond donors (Lipinski definition) is 12. The largest absolute Gasteiger partial charge is 0.790 e. The Morgan fingerprint density at radius 2 is 1.12 bits per heavy atom. The van der Waals surface area contributed by atoms with Gasteiger partial charge in [-0.3, -0.25) is 51.1 Å². The molecular weight excluding hydrogens is 1070 g/mol. The van der Waals surface area contributed by atoms with Gasteiger partial charge < -0.3 is 101 Å². The molecule has 38 nitrogen and oxygen atoms in total. The van der Waals surface area contributed by atoms with Crippen LogP contribution in [0.3, 0.4) is 0 Å². The van der Waals surface area contributed by atoms with Crippen LogP contribution in [0.2, 0.25) is 0 Å². The molecule has 0 aromatic carbocycles. The average molecular weight is 1110 g/mol. The Bertz CT molecular complexity index is 3380. The third-order valence-corrected chi connectivity index (χ3v) is 15.4. The number of fused-ring (bicyclic) bond motifs is 3. The molecule has 1 aliphatic carbocycles. The van der Waals surface area contributed by atoms with Crippen LogP contribution in [0.4, 0.5) is 17.8 Å². The standard InChI is InChI=1S/C12H17N5O4.C11H18N5O14P3.C10H13N5O5/c1-16-11(21)7-10(15-12(16)13)17(4-14-7)6-2-5(3-18)8(19)9(6)20;1-15-9(19)5-8(14-11(15)12)16(3-13-5)10-7(18)6(17)4(28-10)2-27-32(23,24)30-33(25,26)29-31(20,21)22;11-10-13-7-4(8(19)14-10)12-2-15(7)9-6(18)5(17)3(1-16)20-9/h4-6,8-9,18-20H,2-3H2,1H3,(H2,13,15);3-4,6-7,10,17-18H,2H2,1H3,(H2,12,14)(H,23,24)(H,25,26)(H2,20,21,22);2-3,5-6,9,16-18H,1H2,(H3,11,13,14,19)/p-4/t5-,6-,8+,9?;4-,6+,7?,10-;3-,5+,6?,9-/m111/s1. The number of hydrogen-bond acceptors (Lipinski definition) is 32. The number of rotatable bonds is 12. The molecule has 2 aliphatic heterocycles. The highest BCUT2D eigenvalue weighted by atomic mass is 31.3. The van der Waals surface area contributed by atoms with Crippen molar-refractivity contribution in [2.75, 3.05) is 37.0 Å². The van der Waals surface area contributed by atoms with Crippen molar-refractivity contribution < 1.29 is 96.7 Å². The van der Waals surface area contributed by atoms with Crippen LogP contribution in [0, 0.1) is 5.92 Å². The number of aliphatic hydroxyl groups is 8. The molecule has 5 unspecified atom stereocenters. The highest BCUT2D eigenvalue weighted by Crippen LogP contribution is 2.60. The van der Waals surface area contributed by atoms with Crippen molar-refractivity contribution in [2.45, 2.75) is 73.8 Å². The second kappa shape index (κ2) is 21.2. The van der Waals surface area contributed by atoms with Gasteiger partial charge in [0, 0.05) is 26.6 Å². The number of nitrogen functional groups attached to an aromatic ring is 3. The zero-order valence-corrected chi connectivity index (χ0v) is 40.4. The van der Waals surface area contributed by atoms with Gasteiger partial charge in [-0.05, 0) is 6.42 Å². The van der Waals surface area contributed by atoms with Crippen LogP contribution < -0.4 is 53.5 Å². The predicted octanol–water partition coefficient (Wildman–Crippen LogP) is -9.55. The number of anilines is 3. The molecule has 6 aromatic rings. The first kappa shape index (κ1) is 56.2. The Morgan fingerprint density at radius 3 is 1.61 bits per heavy atom. The summed E-state index contributed by atoms with van der Waals surface area (Å²) < 4.78 is 60.5. The number of ether oxygens (including phenoxy) is 2. The van der Waals surface area contributed by atoms with E-state index >= 15 is 0 Å². The summed E-state index contributed by atoms with van der Waals surface area (Å²) in [5.74, 6) is -0.695. The minimum absolute atomic E-state index is 0.0388. The SMILES string of the molecule is Cn1c(N)nc2c(ncn2[C@@H]2C[C@H](CO)[C@H](O)C2O)c1=O.Cn1c(N)nc2c(ncn2[C@@H]2O[C@H](COP(=O)([O-])OP(=O)([O-])OP(=O)([O-])[O-])[C@H](O)C2O)c1=O.Nc1nc2c(ncn2[C@@H]2O[C@H](CO)[C@H](O)C2O)c(=O)[nH]1. The Balaban J connectivity index is 0.000000170. The molecule has 0 amide bonds. The molecule has 9 rings (SSSR count). The summed E-state index contributed by atoms with van der Waals surface area (Å²) in [4.78, 5) is 105. The van der Waals surface area contributed by atoms with Crippen molar-refractivity contribution in [2.24, 2.45) is 20.0 Å². The summed E-state index contributed by atoms with van der Waals surface area (Å²) in [6.45, 7) is -1.80. The van der Waals surface area contributed by atoms with E-state index in [4.69, 9.17) is 31.8 Å². The molecule has 3 aliphatic rings. The molecule has 0 spiro atoms. The molecular formula is C33H44N15O23P3-4. The second-order valence-corrected chi connectivity index (χ2v) is 20.6. The van der Waals surface area contributed by atoms with E-state index in [2.05, 4.69) is 48.0 Å². The van der Waals surface area contributed by atoms with Crippen molar-refractivity contribution in [3.8, 4) is 0 Å². The maximum atomic E-state index is 12.2. The first-order valence-electron chi connectivity index (χ1n) is 20.9. The lowest BCUT2D eigenvalue weighted by Crippen LogP contribution is -2.34. The van der Waals surface area contributed by atoms with Crippen molar-refractivity contribution in [3.63, 3.8) is 0 Å². The lowest BCUT2D eigenvalue weighted by molar-refractivity contribution is -0.339. The van der Waals surface area contributed by atoms with E-state index in [1.54, 1.807) is 0 Å². The van der Waals surface area contributed by atoms with Crippen LogP contribution in [-0.2, 0) is 50.4 Å². The van der Waals surface area contributed by atoms with Crippen LogP contribution in [0.1, 0.15) is 24.9 Å². The molecule has 74 heavy (non-hydrogen) atoms. The molecule has 1 saturated carbocycles. The molecule has 41 heteroatoms. The van der Waals surface area contributed by atoms with Crippen LogP contribution in [0.15, 0.2) is 33.4 Å². The third kappa shape index (κ3) is 11.2. The Hall–Kier alpha value is -5.54. The monoisotopic (exact) mass is 1110 g/mol. The van der Waals surface area contributed by atoms with Crippen molar-refractivity contribution in [3.05, 3.63) is 50.0 Å².